The predicted molar refractivity (Wildman–Crippen MR) is 60.7 cm³/mol. The molecule has 3 nitrogen and oxygen atoms in total. The van der Waals surface area contributed by atoms with Crippen molar-refractivity contribution in [3.05, 3.63) is 0 Å². The Bertz CT molecular complexity index is 226. The summed E-state index contributed by atoms with van der Waals surface area (Å²) in [7, 11) is 0. The Morgan fingerprint density at radius 1 is 1.33 bits per heavy atom. The highest BCUT2D eigenvalue weighted by Gasteiger charge is 2.32. The van der Waals surface area contributed by atoms with E-state index >= 15 is 0 Å². The first-order chi connectivity index (χ1) is 7.33. The Morgan fingerprint density at radius 3 is 2.73 bits per heavy atom. The number of likely N-dealkylation sites (tertiary alicyclic amines) is 1. The molecule has 1 N–H and O–H groups in total. The highest BCUT2D eigenvalue weighted by molar-refractivity contribution is 5.83. The van der Waals surface area contributed by atoms with Gasteiger partial charge < -0.3 is 10.2 Å². The van der Waals surface area contributed by atoms with Gasteiger partial charge in [-0.3, -0.25) is 4.79 Å². The van der Waals surface area contributed by atoms with Gasteiger partial charge in [-0.1, -0.05) is 19.8 Å². The van der Waals surface area contributed by atoms with E-state index in [0.717, 1.165) is 25.9 Å². The quantitative estimate of drug-likeness (QED) is 0.749. The zero-order valence-corrected chi connectivity index (χ0v) is 9.67. The number of rotatable bonds is 2. The van der Waals surface area contributed by atoms with Crippen LogP contribution in [0.2, 0.25) is 0 Å². The average molecular weight is 210 g/mol. The van der Waals surface area contributed by atoms with E-state index in [9.17, 15) is 4.79 Å². The van der Waals surface area contributed by atoms with E-state index in [2.05, 4.69) is 17.1 Å². The fraction of sp³-hybridized carbons (Fsp3) is 0.917. The van der Waals surface area contributed by atoms with Gasteiger partial charge in [0.15, 0.2) is 0 Å². The highest BCUT2D eigenvalue weighted by Crippen LogP contribution is 2.21. The predicted octanol–water partition coefficient (Wildman–Crippen LogP) is 1.53. The third-order valence-electron chi connectivity index (χ3n) is 3.75. The van der Waals surface area contributed by atoms with Gasteiger partial charge in [0.1, 0.15) is 0 Å². The summed E-state index contributed by atoms with van der Waals surface area (Å²) in [6.07, 6.45) is 7.12. The van der Waals surface area contributed by atoms with Crippen LogP contribution < -0.4 is 5.32 Å². The Balaban J connectivity index is 1.98. The Kier molecular flexibility index (Phi) is 3.62. The maximum Gasteiger partial charge on any atom is 0.240 e. The van der Waals surface area contributed by atoms with E-state index in [1.165, 1.54) is 25.7 Å². The molecule has 1 unspecified atom stereocenters. The summed E-state index contributed by atoms with van der Waals surface area (Å²) in [6, 6.07) is 0.638. The van der Waals surface area contributed by atoms with Gasteiger partial charge in [0.05, 0.1) is 6.04 Å². The number of hydrogen-bond acceptors (Lipinski definition) is 2. The molecule has 2 aliphatic rings. The van der Waals surface area contributed by atoms with Crippen LogP contribution in [-0.2, 0) is 4.79 Å². The van der Waals surface area contributed by atoms with E-state index in [1.807, 2.05) is 0 Å². The third kappa shape index (κ3) is 2.33. The van der Waals surface area contributed by atoms with Crippen LogP contribution in [0.3, 0.4) is 0 Å². The monoisotopic (exact) mass is 210 g/mol. The molecule has 0 aliphatic carbocycles. The van der Waals surface area contributed by atoms with Crippen LogP contribution in [0.1, 0.15) is 45.4 Å². The van der Waals surface area contributed by atoms with Crippen LogP contribution in [-0.4, -0.2) is 36.0 Å². The molecule has 0 saturated carbocycles. The third-order valence-corrected chi connectivity index (χ3v) is 3.75. The molecule has 2 heterocycles. The molecule has 2 fully saturated rings. The molecule has 2 saturated heterocycles. The number of carbonyl (C=O) groups excluding carboxylic acids is 1. The van der Waals surface area contributed by atoms with Gasteiger partial charge in [-0.2, -0.15) is 0 Å². The standard InChI is InChI=1S/C12H22N2O/c1-2-10-6-4-3-5-9-14(10)12(15)11-7-8-13-11/h10-11,13H,2-9H2,1H3/t10?,11-/m1/s1. The van der Waals surface area contributed by atoms with E-state index in [-0.39, 0.29) is 6.04 Å². The molecule has 0 spiro atoms. The lowest BCUT2D eigenvalue weighted by Gasteiger charge is -2.36. The molecule has 15 heavy (non-hydrogen) atoms. The lowest BCUT2D eigenvalue weighted by Crippen LogP contribution is -2.56. The number of hydrogen-bond donors (Lipinski definition) is 1. The molecule has 0 radical (unpaired) electrons. The lowest BCUT2D eigenvalue weighted by atomic mass is 10.0. The zero-order chi connectivity index (χ0) is 10.7. The van der Waals surface area contributed by atoms with E-state index in [0.29, 0.717) is 11.9 Å². The molecule has 3 heteroatoms. The SMILES string of the molecule is CCC1CCCCCN1C(=O)[C@H]1CCN1. The van der Waals surface area contributed by atoms with Crippen LogP contribution in [0.15, 0.2) is 0 Å². The molecule has 2 rings (SSSR count). The van der Waals surface area contributed by atoms with Gasteiger partial charge in [-0.05, 0) is 32.2 Å². The van der Waals surface area contributed by atoms with E-state index in [4.69, 9.17) is 0 Å². The molecule has 0 aromatic rings. The lowest BCUT2D eigenvalue weighted by molar-refractivity contribution is -0.137. The summed E-state index contributed by atoms with van der Waals surface area (Å²) >= 11 is 0. The minimum atomic E-state index is 0.136. The first-order valence-corrected chi connectivity index (χ1v) is 6.36. The molecule has 0 aromatic heterocycles. The summed E-state index contributed by atoms with van der Waals surface area (Å²) < 4.78 is 0. The minimum absolute atomic E-state index is 0.136. The number of nitrogens with one attached hydrogen (secondary N) is 1. The normalized spacial score (nSPS) is 31.9. The van der Waals surface area contributed by atoms with Gasteiger partial charge in [0, 0.05) is 12.6 Å². The van der Waals surface area contributed by atoms with Crippen molar-refractivity contribution in [3.8, 4) is 0 Å². The van der Waals surface area contributed by atoms with Crippen molar-refractivity contribution >= 4 is 5.91 Å². The maximum atomic E-state index is 12.2. The maximum absolute atomic E-state index is 12.2. The Morgan fingerprint density at radius 2 is 2.13 bits per heavy atom. The fourth-order valence-electron chi connectivity index (χ4n) is 2.59. The second-order valence-corrected chi connectivity index (χ2v) is 4.74. The molecule has 86 valence electrons. The number of nitrogens with zero attached hydrogens (tertiary/aromatic N) is 1. The molecule has 2 aliphatic heterocycles. The van der Waals surface area contributed by atoms with Crippen molar-refractivity contribution < 1.29 is 4.79 Å². The van der Waals surface area contributed by atoms with Gasteiger partial charge in [0.25, 0.3) is 0 Å². The first kappa shape index (κ1) is 10.9. The second-order valence-electron chi connectivity index (χ2n) is 4.74. The van der Waals surface area contributed by atoms with Gasteiger partial charge in [0.2, 0.25) is 5.91 Å². The summed E-state index contributed by atoms with van der Waals surface area (Å²) in [4.78, 5) is 14.3. The van der Waals surface area contributed by atoms with Crippen molar-refractivity contribution in [2.24, 2.45) is 0 Å². The molecular formula is C12H22N2O. The summed E-state index contributed by atoms with van der Waals surface area (Å²) in [5.74, 6) is 0.356. The molecule has 1 amide bonds. The van der Waals surface area contributed by atoms with Crippen LogP contribution in [0.4, 0.5) is 0 Å². The second kappa shape index (κ2) is 4.97. The molecule has 0 bridgehead atoms. The topological polar surface area (TPSA) is 32.3 Å². The van der Waals surface area contributed by atoms with Crippen molar-refractivity contribution in [3.63, 3.8) is 0 Å². The van der Waals surface area contributed by atoms with E-state index in [1.54, 1.807) is 0 Å². The number of carbonyl (C=O) groups is 1. The highest BCUT2D eigenvalue weighted by atomic mass is 16.2. The van der Waals surface area contributed by atoms with Crippen LogP contribution in [0, 0.1) is 0 Å². The Labute approximate surface area is 92.2 Å². The molecule has 2 atom stereocenters. The van der Waals surface area contributed by atoms with Gasteiger partial charge in [-0.25, -0.2) is 0 Å². The smallest absolute Gasteiger partial charge is 0.240 e. The summed E-state index contributed by atoms with van der Waals surface area (Å²) in [6.45, 7) is 4.20. The van der Waals surface area contributed by atoms with Crippen LogP contribution >= 0.6 is 0 Å². The van der Waals surface area contributed by atoms with Crippen LogP contribution in [0.5, 0.6) is 0 Å². The van der Waals surface area contributed by atoms with Crippen LogP contribution in [0.25, 0.3) is 0 Å². The summed E-state index contributed by atoms with van der Waals surface area (Å²) in [5.41, 5.74) is 0. The minimum Gasteiger partial charge on any atom is -0.338 e. The summed E-state index contributed by atoms with van der Waals surface area (Å²) in [5, 5.41) is 3.22. The van der Waals surface area contributed by atoms with Crippen molar-refractivity contribution in [2.75, 3.05) is 13.1 Å². The van der Waals surface area contributed by atoms with Crippen molar-refractivity contribution in [1.29, 1.82) is 0 Å². The average Bonchev–Trinajstić information content (AvgIpc) is 2.39. The van der Waals surface area contributed by atoms with Gasteiger partial charge >= 0.3 is 0 Å². The fourth-order valence-corrected chi connectivity index (χ4v) is 2.59. The first-order valence-electron chi connectivity index (χ1n) is 6.36. The number of amides is 1. The van der Waals surface area contributed by atoms with Crippen molar-refractivity contribution in [1.82, 2.24) is 10.2 Å². The van der Waals surface area contributed by atoms with Crippen molar-refractivity contribution in [2.45, 2.75) is 57.5 Å². The largest absolute Gasteiger partial charge is 0.338 e. The Hall–Kier alpha value is -0.570. The van der Waals surface area contributed by atoms with Gasteiger partial charge in [-0.15, -0.1) is 0 Å². The molecular weight excluding hydrogens is 188 g/mol. The zero-order valence-electron chi connectivity index (χ0n) is 9.67. The molecule has 0 aromatic carbocycles. The van der Waals surface area contributed by atoms with E-state index < -0.39 is 0 Å².